The number of hydrogen-bond acceptors (Lipinski definition) is 3. The first-order chi connectivity index (χ1) is 8.79. The Bertz CT molecular complexity index is 456. The fourth-order valence-electron chi connectivity index (χ4n) is 1.61. The number of nitrogens with two attached hydrogens (primary N) is 1. The second-order valence-corrected chi connectivity index (χ2v) is 4.55. The standard InChI is InChI=1S/C12H16F3N3S/c1-3-7(4-2)17-11-8(10(16)19)5-6-9(18-11)12(13,14)15/h5-7H,3-4H2,1-2H3,(H2,16,19)(H,17,18). The molecule has 0 aliphatic rings. The summed E-state index contributed by atoms with van der Waals surface area (Å²) >= 11 is 4.83. The number of hydrogen-bond donors (Lipinski definition) is 2. The highest BCUT2D eigenvalue weighted by Gasteiger charge is 2.33. The smallest absolute Gasteiger partial charge is 0.389 e. The molecular weight excluding hydrogens is 275 g/mol. The summed E-state index contributed by atoms with van der Waals surface area (Å²) in [6, 6.07) is 2.17. The van der Waals surface area contributed by atoms with Crippen LogP contribution in [0.4, 0.5) is 19.0 Å². The Labute approximate surface area is 115 Å². The maximum absolute atomic E-state index is 12.6. The van der Waals surface area contributed by atoms with Gasteiger partial charge >= 0.3 is 6.18 Å². The first kappa shape index (κ1) is 15.7. The summed E-state index contributed by atoms with van der Waals surface area (Å²) in [5.74, 6) is 0.0935. The molecule has 0 bridgehead atoms. The van der Waals surface area contributed by atoms with Crippen LogP contribution < -0.4 is 11.1 Å². The summed E-state index contributed by atoms with van der Waals surface area (Å²) < 4.78 is 37.9. The molecule has 0 saturated carbocycles. The maximum atomic E-state index is 12.6. The number of halogens is 3. The molecule has 106 valence electrons. The molecule has 0 aromatic carbocycles. The molecule has 1 aromatic heterocycles. The third-order valence-electron chi connectivity index (χ3n) is 2.78. The van der Waals surface area contributed by atoms with E-state index in [0.29, 0.717) is 5.56 Å². The van der Waals surface area contributed by atoms with Crippen molar-refractivity contribution in [2.24, 2.45) is 5.73 Å². The third kappa shape index (κ3) is 4.05. The highest BCUT2D eigenvalue weighted by Crippen LogP contribution is 2.29. The van der Waals surface area contributed by atoms with Gasteiger partial charge in [-0.3, -0.25) is 0 Å². The van der Waals surface area contributed by atoms with Crippen LogP contribution in [0.15, 0.2) is 12.1 Å². The predicted octanol–water partition coefficient (Wildman–Crippen LogP) is 3.34. The van der Waals surface area contributed by atoms with Crippen molar-refractivity contribution in [1.82, 2.24) is 4.98 Å². The molecule has 0 unspecified atom stereocenters. The van der Waals surface area contributed by atoms with Gasteiger partial charge in [0.1, 0.15) is 16.5 Å². The number of nitrogens with zero attached hydrogens (tertiary/aromatic N) is 1. The molecule has 0 aliphatic carbocycles. The van der Waals surface area contributed by atoms with Crippen molar-refractivity contribution in [2.45, 2.75) is 38.9 Å². The summed E-state index contributed by atoms with van der Waals surface area (Å²) in [5, 5.41) is 2.96. The van der Waals surface area contributed by atoms with Gasteiger partial charge in [-0.2, -0.15) is 13.2 Å². The molecule has 3 N–H and O–H groups in total. The largest absolute Gasteiger partial charge is 0.433 e. The molecule has 1 rings (SSSR count). The van der Waals surface area contributed by atoms with Gasteiger partial charge in [0.15, 0.2) is 0 Å². The highest BCUT2D eigenvalue weighted by atomic mass is 32.1. The lowest BCUT2D eigenvalue weighted by atomic mass is 10.1. The Morgan fingerprint density at radius 1 is 1.37 bits per heavy atom. The molecular formula is C12H16F3N3S. The lowest BCUT2D eigenvalue weighted by molar-refractivity contribution is -0.141. The van der Waals surface area contributed by atoms with Crippen LogP contribution in [0.3, 0.4) is 0 Å². The van der Waals surface area contributed by atoms with Gasteiger partial charge in [0, 0.05) is 6.04 Å². The molecule has 0 aliphatic heterocycles. The van der Waals surface area contributed by atoms with Crippen LogP contribution >= 0.6 is 12.2 Å². The molecule has 0 radical (unpaired) electrons. The first-order valence-electron chi connectivity index (χ1n) is 5.94. The molecule has 1 aromatic rings. The molecule has 0 atom stereocenters. The second-order valence-electron chi connectivity index (χ2n) is 4.11. The number of rotatable bonds is 5. The zero-order chi connectivity index (χ0) is 14.6. The van der Waals surface area contributed by atoms with Crippen molar-refractivity contribution in [3.8, 4) is 0 Å². The van der Waals surface area contributed by atoms with Gasteiger partial charge in [0.05, 0.1) is 5.56 Å². The average molecular weight is 291 g/mol. The van der Waals surface area contributed by atoms with E-state index >= 15 is 0 Å². The van der Waals surface area contributed by atoms with Crippen LogP contribution in [0.1, 0.15) is 37.9 Å². The van der Waals surface area contributed by atoms with Gasteiger partial charge in [-0.15, -0.1) is 0 Å². The van der Waals surface area contributed by atoms with Crippen LogP contribution in [-0.2, 0) is 6.18 Å². The summed E-state index contributed by atoms with van der Waals surface area (Å²) in [6.45, 7) is 3.88. The molecule has 3 nitrogen and oxygen atoms in total. The first-order valence-corrected chi connectivity index (χ1v) is 6.35. The van der Waals surface area contributed by atoms with E-state index in [2.05, 4.69) is 10.3 Å². The lowest BCUT2D eigenvalue weighted by Gasteiger charge is -2.19. The maximum Gasteiger partial charge on any atom is 0.433 e. The van der Waals surface area contributed by atoms with Gasteiger partial charge in [0.2, 0.25) is 0 Å². The number of anilines is 1. The Morgan fingerprint density at radius 2 is 1.95 bits per heavy atom. The van der Waals surface area contributed by atoms with Crippen LogP contribution in [0.2, 0.25) is 0 Å². The SMILES string of the molecule is CCC(CC)Nc1nc(C(F)(F)F)ccc1C(N)=S. The van der Waals surface area contributed by atoms with Gasteiger partial charge in [-0.05, 0) is 25.0 Å². The Balaban J connectivity index is 3.19. The van der Waals surface area contributed by atoms with Crippen molar-refractivity contribution in [3.05, 3.63) is 23.4 Å². The van der Waals surface area contributed by atoms with Gasteiger partial charge in [0.25, 0.3) is 0 Å². The number of aromatic nitrogens is 1. The molecule has 19 heavy (non-hydrogen) atoms. The van der Waals surface area contributed by atoms with Crippen molar-refractivity contribution >= 4 is 23.0 Å². The molecule has 0 spiro atoms. The molecule has 0 fully saturated rings. The Kier molecular flexibility index (Phi) is 5.11. The minimum absolute atomic E-state index is 0.0229. The molecule has 0 saturated heterocycles. The van der Waals surface area contributed by atoms with E-state index in [1.54, 1.807) is 0 Å². The monoisotopic (exact) mass is 291 g/mol. The van der Waals surface area contributed by atoms with Crippen LogP contribution in [0, 0.1) is 0 Å². The van der Waals surface area contributed by atoms with E-state index in [9.17, 15) is 13.2 Å². The topological polar surface area (TPSA) is 50.9 Å². The van der Waals surface area contributed by atoms with Crippen molar-refractivity contribution in [2.75, 3.05) is 5.32 Å². The van der Waals surface area contributed by atoms with Crippen LogP contribution in [0.25, 0.3) is 0 Å². The van der Waals surface area contributed by atoms with Gasteiger partial charge < -0.3 is 11.1 Å². The summed E-state index contributed by atoms with van der Waals surface area (Å²) in [7, 11) is 0. The quantitative estimate of drug-likeness (QED) is 0.817. The van der Waals surface area contributed by atoms with E-state index in [1.807, 2.05) is 13.8 Å². The van der Waals surface area contributed by atoms with Crippen molar-refractivity contribution < 1.29 is 13.2 Å². The number of pyridine rings is 1. The molecule has 1 heterocycles. The van der Waals surface area contributed by atoms with E-state index in [-0.39, 0.29) is 16.8 Å². The lowest BCUT2D eigenvalue weighted by Crippen LogP contribution is -2.23. The fraction of sp³-hybridized carbons (Fsp3) is 0.500. The number of alkyl halides is 3. The van der Waals surface area contributed by atoms with E-state index < -0.39 is 11.9 Å². The zero-order valence-corrected chi connectivity index (χ0v) is 11.5. The van der Waals surface area contributed by atoms with E-state index in [4.69, 9.17) is 18.0 Å². The average Bonchev–Trinajstić information content (AvgIpc) is 2.34. The van der Waals surface area contributed by atoms with Gasteiger partial charge in [-0.25, -0.2) is 4.98 Å². The van der Waals surface area contributed by atoms with E-state index in [1.165, 1.54) is 6.07 Å². The fourth-order valence-corrected chi connectivity index (χ4v) is 1.78. The Morgan fingerprint density at radius 3 is 2.37 bits per heavy atom. The van der Waals surface area contributed by atoms with Crippen molar-refractivity contribution in [3.63, 3.8) is 0 Å². The van der Waals surface area contributed by atoms with Crippen molar-refractivity contribution in [1.29, 1.82) is 0 Å². The molecule has 0 amide bonds. The van der Waals surface area contributed by atoms with Gasteiger partial charge in [-0.1, -0.05) is 26.1 Å². The minimum atomic E-state index is -4.49. The van der Waals surface area contributed by atoms with Crippen LogP contribution in [0.5, 0.6) is 0 Å². The summed E-state index contributed by atoms with van der Waals surface area (Å²) in [5.41, 5.74) is 4.87. The second kappa shape index (κ2) is 6.18. The predicted molar refractivity (Wildman–Crippen MR) is 73.1 cm³/mol. The Hall–Kier alpha value is -1.37. The third-order valence-corrected chi connectivity index (χ3v) is 3.00. The number of nitrogens with one attached hydrogen (secondary N) is 1. The summed E-state index contributed by atoms with van der Waals surface area (Å²) in [6.07, 6.45) is -2.95. The normalized spacial score (nSPS) is 11.7. The van der Waals surface area contributed by atoms with E-state index in [0.717, 1.165) is 18.9 Å². The summed E-state index contributed by atoms with van der Waals surface area (Å²) in [4.78, 5) is 3.62. The zero-order valence-electron chi connectivity index (χ0n) is 10.7. The number of thiocarbonyl (C=S) groups is 1. The van der Waals surface area contributed by atoms with Crippen LogP contribution in [-0.4, -0.2) is 16.0 Å². The minimum Gasteiger partial charge on any atom is -0.389 e. The highest BCUT2D eigenvalue weighted by molar-refractivity contribution is 7.80. The molecule has 7 heteroatoms.